The number of hydrogen-bond donors (Lipinski definition) is 1. The summed E-state index contributed by atoms with van der Waals surface area (Å²) in [7, 11) is 3.47. The SMILES string of the molecule is C[N+](C)(CF)CCOC(=O)[C@@H](N)Cc1ccccc1.Cl.[Cl-]. The molecule has 7 heteroatoms. The van der Waals surface area contributed by atoms with Crippen molar-refractivity contribution in [1.29, 1.82) is 0 Å². The second-order valence-electron chi connectivity index (χ2n) is 5.24. The zero-order chi connectivity index (χ0) is 14.3. The highest BCUT2D eigenvalue weighted by molar-refractivity contribution is 5.85. The van der Waals surface area contributed by atoms with Gasteiger partial charge in [-0.15, -0.1) is 12.4 Å². The molecule has 4 nitrogen and oxygen atoms in total. The van der Waals surface area contributed by atoms with E-state index in [4.69, 9.17) is 10.5 Å². The number of halogens is 3. The van der Waals surface area contributed by atoms with Crippen LogP contribution in [0.25, 0.3) is 0 Å². The summed E-state index contributed by atoms with van der Waals surface area (Å²) >= 11 is 0. The molecular formula is C14H23Cl2FN2O2. The second-order valence-corrected chi connectivity index (χ2v) is 5.24. The molecule has 0 aliphatic rings. The zero-order valence-corrected chi connectivity index (χ0v) is 13.9. The van der Waals surface area contributed by atoms with Crippen LogP contribution in [0.5, 0.6) is 0 Å². The number of benzene rings is 1. The number of carbonyl (C=O) groups is 1. The summed E-state index contributed by atoms with van der Waals surface area (Å²) in [4.78, 5) is 11.7. The monoisotopic (exact) mass is 340 g/mol. The number of hydrogen-bond acceptors (Lipinski definition) is 3. The minimum atomic E-state index is -0.677. The lowest BCUT2D eigenvalue weighted by molar-refractivity contribution is -0.902. The van der Waals surface area contributed by atoms with Crippen LogP contribution in [0.15, 0.2) is 30.3 Å². The highest BCUT2D eigenvalue weighted by Gasteiger charge is 2.18. The van der Waals surface area contributed by atoms with Crippen LogP contribution in [0.2, 0.25) is 0 Å². The van der Waals surface area contributed by atoms with E-state index in [1.54, 1.807) is 14.1 Å². The molecule has 0 heterocycles. The summed E-state index contributed by atoms with van der Waals surface area (Å²) in [6, 6.07) is 8.85. The van der Waals surface area contributed by atoms with Gasteiger partial charge in [-0.25, -0.2) is 0 Å². The lowest BCUT2D eigenvalue weighted by atomic mass is 10.1. The van der Waals surface area contributed by atoms with Crippen LogP contribution >= 0.6 is 12.4 Å². The number of ether oxygens (including phenoxy) is 1. The molecule has 0 amide bonds. The standard InChI is InChI=1S/C14H22FN2O2.2ClH/c1-17(2,11-15)8-9-19-14(18)13(16)10-12-6-4-3-5-7-12;;/h3-7,13H,8-11,16H2,1-2H3;2*1H/q+1;;/p-1/t13-;;/m0../s1. The van der Waals surface area contributed by atoms with E-state index in [-0.39, 0.29) is 35.9 Å². The van der Waals surface area contributed by atoms with Gasteiger partial charge in [-0.2, -0.15) is 4.39 Å². The van der Waals surface area contributed by atoms with Gasteiger partial charge in [0.25, 0.3) is 0 Å². The molecule has 21 heavy (non-hydrogen) atoms. The van der Waals surface area contributed by atoms with Crippen LogP contribution in [-0.4, -0.2) is 50.5 Å². The summed E-state index contributed by atoms with van der Waals surface area (Å²) in [5.41, 5.74) is 6.77. The van der Waals surface area contributed by atoms with Gasteiger partial charge in [0, 0.05) is 0 Å². The first-order valence-electron chi connectivity index (χ1n) is 6.29. The van der Waals surface area contributed by atoms with E-state index >= 15 is 0 Å². The van der Waals surface area contributed by atoms with E-state index in [2.05, 4.69) is 0 Å². The van der Waals surface area contributed by atoms with Gasteiger partial charge in [0.05, 0.1) is 14.1 Å². The molecular weight excluding hydrogens is 318 g/mol. The van der Waals surface area contributed by atoms with Gasteiger partial charge in [-0.1, -0.05) is 30.3 Å². The van der Waals surface area contributed by atoms with Crippen LogP contribution in [0.4, 0.5) is 4.39 Å². The van der Waals surface area contributed by atoms with Gasteiger partial charge >= 0.3 is 5.97 Å². The van der Waals surface area contributed by atoms with Crippen molar-refractivity contribution < 1.29 is 30.8 Å². The molecule has 0 radical (unpaired) electrons. The molecule has 1 aromatic carbocycles. The Labute approximate surface area is 137 Å². The number of quaternary nitrogens is 1. The molecule has 0 aliphatic carbocycles. The summed E-state index contributed by atoms with van der Waals surface area (Å²) in [6.07, 6.45) is 0.445. The Morgan fingerprint density at radius 1 is 1.33 bits per heavy atom. The Bertz CT molecular complexity index is 405. The highest BCUT2D eigenvalue weighted by atomic mass is 35.5. The molecule has 0 bridgehead atoms. The first-order chi connectivity index (χ1) is 8.94. The van der Waals surface area contributed by atoms with E-state index in [9.17, 15) is 9.18 Å². The van der Waals surface area contributed by atoms with Crippen molar-refractivity contribution in [3.63, 3.8) is 0 Å². The zero-order valence-electron chi connectivity index (χ0n) is 12.3. The Kier molecular flexibility index (Phi) is 11.5. The van der Waals surface area contributed by atoms with Crippen molar-refractivity contribution in [2.24, 2.45) is 5.73 Å². The van der Waals surface area contributed by atoms with Crippen LogP contribution in [0, 0.1) is 0 Å². The van der Waals surface area contributed by atoms with Crippen molar-refractivity contribution in [2.45, 2.75) is 12.5 Å². The average molecular weight is 341 g/mol. The molecule has 1 rings (SSSR count). The molecule has 0 aromatic heterocycles. The lowest BCUT2D eigenvalue weighted by Crippen LogP contribution is -3.00. The first-order valence-corrected chi connectivity index (χ1v) is 6.29. The Morgan fingerprint density at radius 3 is 2.43 bits per heavy atom. The van der Waals surface area contributed by atoms with Crippen molar-refractivity contribution >= 4 is 18.4 Å². The fourth-order valence-electron chi connectivity index (χ4n) is 1.51. The topological polar surface area (TPSA) is 52.3 Å². The minimum absolute atomic E-state index is 0. The predicted octanol–water partition coefficient (Wildman–Crippen LogP) is -1.47. The lowest BCUT2D eigenvalue weighted by Gasteiger charge is -2.25. The fraction of sp³-hybridized carbons (Fsp3) is 0.500. The van der Waals surface area contributed by atoms with E-state index in [1.807, 2.05) is 30.3 Å². The van der Waals surface area contributed by atoms with Crippen molar-refractivity contribution in [2.75, 3.05) is 34.0 Å². The van der Waals surface area contributed by atoms with Crippen LogP contribution < -0.4 is 18.1 Å². The van der Waals surface area contributed by atoms with Gasteiger partial charge < -0.3 is 22.9 Å². The normalized spacial score (nSPS) is 11.8. The summed E-state index contributed by atoms with van der Waals surface area (Å²) in [6.45, 7) is 0.117. The van der Waals surface area contributed by atoms with Gasteiger partial charge in [-0.3, -0.25) is 9.28 Å². The highest BCUT2D eigenvalue weighted by Crippen LogP contribution is 2.03. The van der Waals surface area contributed by atoms with Crippen LogP contribution in [-0.2, 0) is 16.0 Å². The molecule has 0 saturated heterocycles. The van der Waals surface area contributed by atoms with Gasteiger partial charge in [0.1, 0.15) is 19.2 Å². The molecule has 1 aromatic rings. The van der Waals surface area contributed by atoms with Gasteiger partial charge in [0.15, 0.2) is 0 Å². The number of rotatable bonds is 7. The average Bonchev–Trinajstić information content (AvgIpc) is 2.39. The third-order valence-electron chi connectivity index (χ3n) is 2.87. The van der Waals surface area contributed by atoms with Gasteiger partial charge in [-0.05, 0) is 12.0 Å². The molecule has 1 atom stereocenters. The van der Waals surface area contributed by atoms with Crippen molar-refractivity contribution in [3.8, 4) is 0 Å². The fourth-order valence-corrected chi connectivity index (χ4v) is 1.51. The van der Waals surface area contributed by atoms with Crippen molar-refractivity contribution in [3.05, 3.63) is 35.9 Å². The smallest absolute Gasteiger partial charge is 0.323 e. The molecule has 0 spiro atoms. The quantitative estimate of drug-likeness (QED) is 0.374. The number of likely N-dealkylation sites (N-methyl/N-ethyl adjacent to an activating group) is 1. The van der Waals surface area contributed by atoms with E-state index in [0.717, 1.165) is 5.56 Å². The molecule has 122 valence electrons. The van der Waals surface area contributed by atoms with E-state index < -0.39 is 18.8 Å². The third-order valence-corrected chi connectivity index (χ3v) is 2.87. The van der Waals surface area contributed by atoms with Crippen molar-refractivity contribution in [1.82, 2.24) is 0 Å². The molecule has 0 unspecified atom stereocenters. The maximum atomic E-state index is 12.5. The Hall–Kier alpha value is -0.880. The summed E-state index contributed by atoms with van der Waals surface area (Å²) in [5, 5.41) is 0. The Balaban J connectivity index is 0. The number of carbonyl (C=O) groups excluding carboxylic acids is 1. The molecule has 0 aliphatic heterocycles. The minimum Gasteiger partial charge on any atom is -1.00 e. The number of esters is 1. The van der Waals surface area contributed by atoms with Gasteiger partial charge in [0.2, 0.25) is 6.80 Å². The van der Waals surface area contributed by atoms with E-state index in [1.165, 1.54) is 0 Å². The largest absolute Gasteiger partial charge is 1.00 e. The number of nitrogens with zero attached hydrogens (tertiary/aromatic N) is 1. The molecule has 0 fully saturated rings. The number of nitrogens with two attached hydrogens (primary N) is 1. The van der Waals surface area contributed by atoms with Crippen LogP contribution in [0.3, 0.4) is 0 Å². The summed E-state index contributed by atoms with van der Waals surface area (Å²) < 4.78 is 17.8. The maximum absolute atomic E-state index is 12.5. The Morgan fingerprint density at radius 2 is 1.90 bits per heavy atom. The predicted molar refractivity (Wildman–Crippen MR) is 79.3 cm³/mol. The van der Waals surface area contributed by atoms with E-state index in [0.29, 0.717) is 13.0 Å². The number of alkyl halides is 1. The molecule has 2 N–H and O–H groups in total. The second kappa shape index (κ2) is 10.8. The summed E-state index contributed by atoms with van der Waals surface area (Å²) in [5.74, 6) is -0.442. The maximum Gasteiger partial charge on any atom is 0.323 e. The van der Waals surface area contributed by atoms with Crippen LogP contribution in [0.1, 0.15) is 5.56 Å². The third kappa shape index (κ3) is 8.88. The first kappa shape index (κ1) is 22.4. The molecule has 0 saturated carbocycles.